The molecule has 0 atom stereocenters. The summed E-state index contributed by atoms with van der Waals surface area (Å²) in [6.07, 6.45) is 6.06. The number of H-pyrrole nitrogens is 1. The van der Waals surface area contributed by atoms with Gasteiger partial charge in [-0.3, -0.25) is 9.78 Å². The molecule has 5 rings (SSSR count). The van der Waals surface area contributed by atoms with Crippen LogP contribution in [0.4, 0.5) is 0 Å². The average Bonchev–Trinajstić information content (AvgIpc) is 3.46. The van der Waals surface area contributed by atoms with Crippen LogP contribution in [0.3, 0.4) is 0 Å². The van der Waals surface area contributed by atoms with Crippen LogP contribution in [0.1, 0.15) is 44.2 Å². The van der Waals surface area contributed by atoms with Crippen molar-refractivity contribution in [2.45, 2.75) is 38.6 Å². The van der Waals surface area contributed by atoms with Crippen molar-refractivity contribution >= 4 is 10.9 Å². The number of aromatic nitrogens is 4. The third kappa shape index (κ3) is 3.26. The topological polar surface area (TPSA) is 118 Å². The molecule has 1 saturated heterocycles. The molecule has 0 radical (unpaired) electrons. The maximum absolute atomic E-state index is 9.81. The minimum absolute atomic E-state index is 0.393. The molecule has 1 fully saturated rings. The molecule has 0 unspecified atom stereocenters. The van der Waals surface area contributed by atoms with E-state index in [2.05, 4.69) is 44.3 Å². The molecule has 160 valence electrons. The van der Waals surface area contributed by atoms with Crippen molar-refractivity contribution < 1.29 is 0 Å². The number of aromatic amines is 1. The molecule has 2 aliphatic rings. The summed E-state index contributed by atoms with van der Waals surface area (Å²) in [6, 6.07) is 11.0. The number of dihydropyridines is 1. The number of fused-ring (bicyclic) bond motifs is 1. The van der Waals surface area contributed by atoms with E-state index in [4.69, 9.17) is 0 Å². The summed E-state index contributed by atoms with van der Waals surface area (Å²) in [5.41, 5.74) is 6.29. The summed E-state index contributed by atoms with van der Waals surface area (Å²) in [5, 5.41) is 39.4. The van der Waals surface area contributed by atoms with E-state index in [1.54, 1.807) is 0 Å². The van der Waals surface area contributed by atoms with Gasteiger partial charge in [-0.05, 0) is 57.5 Å². The van der Waals surface area contributed by atoms with Crippen LogP contribution >= 0.6 is 0 Å². The highest BCUT2D eigenvalue weighted by Gasteiger charge is 2.30. The van der Waals surface area contributed by atoms with Gasteiger partial charge in [0.2, 0.25) is 0 Å². The van der Waals surface area contributed by atoms with Crippen LogP contribution in [-0.4, -0.2) is 33.1 Å². The van der Waals surface area contributed by atoms with Gasteiger partial charge in [0.25, 0.3) is 0 Å². The van der Waals surface area contributed by atoms with Gasteiger partial charge < -0.3 is 10.6 Å². The number of rotatable bonds is 3. The molecule has 4 heterocycles. The third-order valence-electron chi connectivity index (χ3n) is 6.48. The van der Waals surface area contributed by atoms with Gasteiger partial charge in [-0.15, -0.1) is 0 Å². The number of nitrogens with one attached hydrogen (secondary N) is 3. The summed E-state index contributed by atoms with van der Waals surface area (Å²) in [4.78, 5) is 0. The Morgan fingerprint density at radius 1 is 1.06 bits per heavy atom. The Balaban J connectivity index is 1.58. The Bertz CT molecular complexity index is 1300. The summed E-state index contributed by atoms with van der Waals surface area (Å²) >= 11 is 0. The highest BCUT2D eigenvalue weighted by molar-refractivity contribution is 5.93. The standard InChI is InChI=1S/C24H24N8/c1-14-20(10-25)23(21(11-26)15(2)29-14)16-3-4-22-19(9-16)24(31-30-22)17-12-28-32(13-17)18-5-7-27-8-6-18/h3-4,9,12-13,18,23,27,29H,5-8H2,1-2H3,(H,30,31). The largest absolute Gasteiger partial charge is 0.361 e. The van der Waals surface area contributed by atoms with Crippen LogP contribution in [0.25, 0.3) is 22.2 Å². The molecule has 0 amide bonds. The molecule has 0 saturated carbocycles. The minimum Gasteiger partial charge on any atom is -0.361 e. The van der Waals surface area contributed by atoms with Crippen molar-refractivity contribution in [2.24, 2.45) is 0 Å². The van der Waals surface area contributed by atoms with E-state index in [-0.39, 0.29) is 0 Å². The molecule has 0 spiro atoms. The van der Waals surface area contributed by atoms with E-state index in [0.29, 0.717) is 17.2 Å². The maximum atomic E-state index is 9.81. The molecule has 8 nitrogen and oxygen atoms in total. The van der Waals surface area contributed by atoms with E-state index in [1.165, 1.54) is 0 Å². The van der Waals surface area contributed by atoms with Crippen molar-refractivity contribution in [2.75, 3.05) is 13.1 Å². The average molecular weight is 425 g/mol. The molecule has 0 aliphatic carbocycles. The molecule has 8 heteroatoms. The first-order valence-corrected chi connectivity index (χ1v) is 10.8. The molecule has 3 N–H and O–H groups in total. The second-order valence-corrected chi connectivity index (χ2v) is 8.43. The molecule has 0 bridgehead atoms. The Hall–Kier alpha value is -3.88. The number of allylic oxidation sites excluding steroid dienone is 4. The van der Waals surface area contributed by atoms with E-state index < -0.39 is 5.92 Å². The zero-order valence-electron chi connectivity index (χ0n) is 18.1. The predicted molar refractivity (Wildman–Crippen MR) is 121 cm³/mol. The van der Waals surface area contributed by atoms with Gasteiger partial charge in [-0.25, -0.2) is 0 Å². The molecular formula is C24H24N8. The summed E-state index contributed by atoms with van der Waals surface area (Å²) in [7, 11) is 0. The molecule has 2 aliphatic heterocycles. The Morgan fingerprint density at radius 2 is 1.78 bits per heavy atom. The maximum Gasteiger partial charge on any atom is 0.103 e. The van der Waals surface area contributed by atoms with Crippen molar-refractivity contribution in [1.82, 2.24) is 30.6 Å². The quantitative estimate of drug-likeness (QED) is 0.591. The number of piperidine rings is 1. The minimum atomic E-state index is -0.393. The number of hydrogen-bond acceptors (Lipinski definition) is 6. The fourth-order valence-electron chi connectivity index (χ4n) is 4.79. The van der Waals surface area contributed by atoms with Crippen molar-refractivity contribution in [1.29, 1.82) is 10.5 Å². The van der Waals surface area contributed by atoms with Crippen LogP contribution < -0.4 is 10.6 Å². The fraction of sp³-hybridized carbons (Fsp3) is 0.333. The second kappa shape index (κ2) is 7.99. The highest BCUT2D eigenvalue weighted by atomic mass is 15.3. The predicted octanol–water partition coefficient (Wildman–Crippen LogP) is 3.63. The lowest BCUT2D eigenvalue weighted by Crippen LogP contribution is -2.29. The Labute approximate surface area is 186 Å². The van der Waals surface area contributed by atoms with Crippen molar-refractivity contribution in [3.05, 3.63) is 58.7 Å². The van der Waals surface area contributed by atoms with Gasteiger partial charge in [0.15, 0.2) is 0 Å². The molecular weight excluding hydrogens is 400 g/mol. The number of hydrogen-bond donors (Lipinski definition) is 3. The van der Waals surface area contributed by atoms with Crippen molar-refractivity contribution in [3.8, 4) is 23.4 Å². The van der Waals surface area contributed by atoms with E-state index >= 15 is 0 Å². The first-order valence-electron chi connectivity index (χ1n) is 10.8. The van der Waals surface area contributed by atoms with Crippen LogP contribution in [0.5, 0.6) is 0 Å². The van der Waals surface area contributed by atoms with E-state index in [9.17, 15) is 10.5 Å². The zero-order valence-corrected chi connectivity index (χ0v) is 18.1. The van der Waals surface area contributed by atoms with E-state index in [0.717, 1.165) is 65.0 Å². The lowest BCUT2D eigenvalue weighted by atomic mass is 9.81. The first kappa shape index (κ1) is 20.0. The van der Waals surface area contributed by atoms with Crippen LogP contribution in [0.2, 0.25) is 0 Å². The van der Waals surface area contributed by atoms with Crippen LogP contribution in [0, 0.1) is 22.7 Å². The smallest absolute Gasteiger partial charge is 0.103 e. The highest BCUT2D eigenvalue weighted by Crippen LogP contribution is 2.39. The molecule has 3 aromatic rings. The lowest BCUT2D eigenvalue weighted by molar-refractivity contribution is 0.343. The van der Waals surface area contributed by atoms with Gasteiger partial charge in [-0.2, -0.15) is 20.7 Å². The van der Waals surface area contributed by atoms with Gasteiger partial charge in [0, 0.05) is 28.5 Å². The van der Waals surface area contributed by atoms with Gasteiger partial charge in [-0.1, -0.05) is 6.07 Å². The lowest BCUT2D eigenvalue weighted by Gasteiger charge is -2.26. The molecule has 2 aromatic heterocycles. The molecule has 1 aromatic carbocycles. The fourth-order valence-corrected chi connectivity index (χ4v) is 4.79. The normalized spacial score (nSPS) is 18.0. The van der Waals surface area contributed by atoms with Gasteiger partial charge in [0.05, 0.1) is 47.0 Å². The Kier molecular flexibility index (Phi) is 5.01. The van der Waals surface area contributed by atoms with Crippen LogP contribution in [-0.2, 0) is 0 Å². The first-order chi connectivity index (χ1) is 15.6. The summed E-state index contributed by atoms with van der Waals surface area (Å²) < 4.78 is 2.05. The summed E-state index contributed by atoms with van der Waals surface area (Å²) in [6.45, 7) is 5.76. The monoisotopic (exact) mass is 424 g/mol. The van der Waals surface area contributed by atoms with E-state index in [1.807, 2.05) is 42.9 Å². The SMILES string of the molecule is CC1=C(C#N)C(c2ccc3[nH]nc(-c4cnn(C5CCNCC5)c4)c3c2)C(C#N)=C(C)N1. The molecule has 32 heavy (non-hydrogen) atoms. The number of nitrogens with zero attached hydrogens (tertiary/aromatic N) is 5. The third-order valence-corrected chi connectivity index (χ3v) is 6.48. The van der Waals surface area contributed by atoms with Gasteiger partial charge >= 0.3 is 0 Å². The van der Waals surface area contributed by atoms with Crippen molar-refractivity contribution in [3.63, 3.8) is 0 Å². The summed E-state index contributed by atoms with van der Waals surface area (Å²) in [5.74, 6) is -0.393. The second-order valence-electron chi connectivity index (χ2n) is 8.43. The zero-order chi connectivity index (χ0) is 22.2. The Morgan fingerprint density at radius 3 is 2.47 bits per heavy atom. The number of benzene rings is 1. The number of nitriles is 2. The van der Waals surface area contributed by atoms with Gasteiger partial charge in [0.1, 0.15) is 5.69 Å². The van der Waals surface area contributed by atoms with Crippen LogP contribution in [0.15, 0.2) is 53.1 Å².